The van der Waals surface area contributed by atoms with Crippen LogP contribution in [-0.2, 0) is 11.3 Å². The van der Waals surface area contributed by atoms with Gasteiger partial charge in [-0.3, -0.25) is 4.79 Å². The highest BCUT2D eigenvalue weighted by molar-refractivity contribution is 9.10. The van der Waals surface area contributed by atoms with Crippen molar-refractivity contribution in [2.75, 3.05) is 13.6 Å². The van der Waals surface area contributed by atoms with Gasteiger partial charge in [-0.25, -0.2) is 0 Å². The first-order chi connectivity index (χ1) is 9.13. The third-order valence-electron chi connectivity index (χ3n) is 3.50. The number of nitrogens with one attached hydrogen (secondary N) is 1. The van der Waals surface area contributed by atoms with Gasteiger partial charge in [-0.05, 0) is 31.5 Å². The van der Waals surface area contributed by atoms with Gasteiger partial charge in [-0.1, -0.05) is 41.1 Å². The van der Waals surface area contributed by atoms with Gasteiger partial charge in [0.15, 0.2) is 0 Å². The SMILES string of the molecule is CNCC(C)C(=O)N(Cc1ccccc1Br)C1CC1. The molecule has 0 radical (unpaired) electrons. The van der Waals surface area contributed by atoms with Gasteiger partial charge in [0.1, 0.15) is 0 Å². The van der Waals surface area contributed by atoms with E-state index in [0.717, 1.165) is 23.9 Å². The number of halogens is 1. The summed E-state index contributed by atoms with van der Waals surface area (Å²) < 4.78 is 1.08. The van der Waals surface area contributed by atoms with E-state index < -0.39 is 0 Å². The Labute approximate surface area is 123 Å². The molecule has 1 aliphatic rings. The second kappa shape index (κ2) is 6.53. The van der Waals surface area contributed by atoms with Crippen LogP contribution in [-0.4, -0.2) is 30.4 Å². The van der Waals surface area contributed by atoms with E-state index in [1.165, 1.54) is 5.56 Å². The smallest absolute Gasteiger partial charge is 0.227 e. The van der Waals surface area contributed by atoms with Crippen molar-refractivity contribution < 1.29 is 4.79 Å². The number of benzene rings is 1. The third kappa shape index (κ3) is 3.80. The number of carbonyl (C=O) groups is 1. The Kier molecular flexibility index (Phi) is 4.99. The lowest BCUT2D eigenvalue weighted by atomic mass is 10.1. The molecule has 0 bridgehead atoms. The third-order valence-corrected chi connectivity index (χ3v) is 4.27. The van der Waals surface area contributed by atoms with E-state index >= 15 is 0 Å². The fourth-order valence-electron chi connectivity index (χ4n) is 2.26. The number of rotatable bonds is 6. The van der Waals surface area contributed by atoms with Gasteiger partial charge in [0, 0.05) is 29.5 Å². The van der Waals surface area contributed by atoms with Crippen LogP contribution in [0, 0.1) is 5.92 Å². The van der Waals surface area contributed by atoms with Gasteiger partial charge in [0.2, 0.25) is 5.91 Å². The minimum Gasteiger partial charge on any atom is -0.335 e. The van der Waals surface area contributed by atoms with E-state index in [-0.39, 0.29) is 11.8 Å². The van der Waals surface area contributed by atoms with Gasteiger partial charge in [0.05, 0.1) is 0 Å². The van der Waals surface area contributed by atoms with Gasteiger partial charge >= 0.3 is 0 Å². The molecular weight excluding hydrogens is 304 g/mol. The molecule has 104 valence electrons. The van der Waals surface area contributed by atoms with Crippen LogP contribution in [0.25, 0.3) is 0 Å². The zero-order chi connectivity index (χ0) is 13.8. The first-order valence-corrected chi connectivity index (χ1v) is 7.61. The van der Waals surface area contributed by atoms with E-state index in [4.69, 9.17) is 0 Å². The lowest BCUT2D eigenvalue weighted by Gasteiger charge is -2.26. The molecule has 4 heteroatoms. The van der Waals surface area contributed by atoms with Gasteiger partial charge in [-0.15, -0.1) is 0 Å². The van der Waals surface area contributed by atoms with Crippen LogP contribution in [0.1, 0.15) is 25.3 Å². The largest absolute Gasteiger partial charge is 0.335 e. The molecule has 1 aromatic carbocycles. The summed E-state index contributed by atoms with van der Waals surface area (Å²) in [4.78, 5) is 14.5. The first kappa shape index (κ1) is 14.5. The number of nitrogens with zero attached hydrogens (tertiary/aromatic N) is 1. The van der Waals surface area contributed by atoms with Crippen LogP contribution in [0.4, 0.5) is 0 Å². The highest BCUT2D eigenvalue weighted by Gasteiger charge is 2.34. The molecule has 1 aliphatic carbocycles. The highest BCUT2D eigenvalue weighted by Crippen LogP contribution is 2.31. The molecular formula is C15H21BrN2O. The number of carbonyl (C=O) groups excluding carboxylic acids is 1. The summed E-state index contributed by atoms with van der Waals surface area (Å²) in [6.07, 6.45) is 2.28. The van der Waals surface area contributed by atoms with Crippen molar-refractivity contribution in [1.82, 2.24) is 10.2 Å². The minimum absolute atomic E-state index is 0.0353. The standard InChI is InChI=1S/C15H21BrN2O/c1-11(9-17-2)15(19)18(13-7-8-13)10-12-5-3-4-6-14(12)16/h3-6,11,13,17H,7-10H2,1-2H3. The predicted octanol–water partition coefficient (Wildman–Crippen LogP) is 2.80. The molecule has 2 rings (SSSR count). The summed E-state index contributed by atoms with van der Waals surface area (Å²) in [7, 11) is 1.89. The second-order valence-corrected chi connectivity index (χ2v) is 6.10. The van der Waals surface area contributed by atoms with Crippen LogP contribution in [0.5, 0.6) is 0 Å². The summed E-state index contributed by atoms with van der Waals surface area (Å²) in [5.41, 5.74) is 1.18. The maximum atomic E-state index is 12.5. The highest BCUT2D eigenvalue weighted by atomic mass is 79.9. The Balaban J connectivity index is 2.08. The van der Waals surface area contributed by atoms with Crippen LogP contribution < -0.4 is 5.32 Å². The summed E-state index contributed by atoms with van der Waals surface area (Å²) in [6, 6.07) is 8.57. The van der Waals surface area contributed by atoms with Gasteiger partial charge in [0.25, 0.3) is 0 Å². The maximum Gasteiger partial charge on any atom is 0.227 e. The van der Waals surface area contributed by atoms with Crippen molar-refractivity contribution in [3.8, 4) is 0 Å². The molecule has 1 N–H and O–H groups in total. The molecule has 1 fully saturated rings. The lowest BCUT2D eigenvalue weighted by Crippen LogP contribution is -2.39. The summed E-state index contributed by atoms with van der Waals surface area (Å²) in [5.74, 6) is 0.292. The van der Waals surface area contributed by atoms with Crippen molar-refractivity contribution in [3.05, 3.63) is 34.3 Å². The average Bonchev–Trinajstić information content (AvgIpc) is 3.21. The number of amides is 1. The molecule has 0 aliphatic heterocycles. The molecule has 1 unspecified atom stereocenters. The fourth-order valence-corrected chi connectivity index (χ4v) is 2.67. The van der Waals surface area contributed by atoms with Crippen LogP contribution in [0.3, 0.4) is 0 Å². The fraction of sp³-hybridized carbons (Fsp3) is 0.533. The average molecular weight is 325 g/mol. The van der Waals surface area contributed by atoms with E-state index in [9.17, 15) is 4.79 Å². The quantitative estimate of drug-likeness (QED) is 0.872. The van der Waals surface area contributed by atoms with Crippen LogP contribution in [0.15, 0.2) is 28.7 Å². The minimum atomic E-state index is 0.0353. The van der Waals surface area contributed by atoms with Gasteiger partial charge in [-0.2, -0.15) is 0 Å². The Morgan fingerprint density at radius 3 is 2.74 bits per heavy atom. The van der Waals surface area contributed by atoms with E-state index in [2.05, 4.69) is 27.3 Å². The van der Waals surface area contributed by atoms with Crippen molar-refractivity contribution >= 4 is 21.8 Å². The molecule has 1 aromatic rings. The van der Waals surface area contributed by atoms with E-state index in [1.54, 1.807) is 0 Å². The zero-order valence-electron chi connectivity index (χ0n) is 11.5. The number of hydrogen-bond donors (Lipinski definition) is 1. The van der Waals surface area contributed by atoms with Crippen molar-refractivity contribution in [1.29, 1.82) is 0 Å². The molecule has 0 spiro atoms. The Morgan fingerprint density at radius 1 is 1.47 bits per heavy atom. The molecule has 0 saturated heterocycles. The predicted molar refractivity (Wildman–Crippen MR) is 80.8 cm³/mol. The molecule has 0 aromatic heterocycles. The van der Waals surface area contributed by atoms with E-state index in [0.29, 0.717) is 12.6 Å². The normalized spacial score (nSPS) is 16.2. The Bertz CT molecular complexity index is 446. The summed E-state index contributed by atoms with van der Waals surface area (Å²) in [5, 5.41) is 3.08. The lowest BCUT2D eigenvalue weighted by molar-refractivity contribution is -0.136. The summed E-state index contributed by atoms with van der Waals surface area (Å²) in [6.45, 7) is 3.44. The number of hydrogen-bond acceptors (Lipinski definition) is 2. The topological polar surface area (TPSA) is 32.3 Å². The monoisotopic (exact) mass is 324 g/mol. The Hall–Kier alpha value is -0.870. The molecule has 1 atom stereocenters. The van der Waals surface area contributed by atoms with Crippen molar-refractivity contribution in [2.24, 2.45) is 5.92 Å². The molecule has 0 heterocycles. The van der Waals surface area contributed by atoms with Crippen molar-refractivity contribution in [2.45, 2.75) is 32.4 Å². The summed E-state index contributed by atoms with van der Waals surface area (Å²) >= 11 is 3.56. The van der Waals surface area contributed by atoms with Crippen LogP contribution in [0.2, 0.25) is 0 Å². The molecule has 19 heavy (non-hydrogen) atoms. The molecule has 1 saturated carbocycles. The Morgan fingerprint density at radius 2 is 2.16 bits per heavy atom. The zero-order valence-corrected chi connectivity index (χ0v) is 13.1. The first-order valence-electron chi connectivity index (χ1n) is 6.82. The maximum absolute atomic E-state index is 12.5. The molecule has 1 amide bonds. The second-order valence-electron chi connectivity index (χ2n) is 5.25. The van der Waals surface area contributed by atoms with Crippen molar-refractivity contribution in [3.63, 3.8) is 0 Å². The molecule has 3 nitrogen and oxygen atoms in total. The van der Waals surface area contributed by atoms with Crippen LogP contribution >= 0.6 is 15.9 Å². The van der Waals surface area contributed by atoms with E-state index in [1.807, 2.05) is 37.1 Å². The van der Waals surface area contributed by atoms with Gasteiger partial charge < -0.3 is 10.2 Å².